The molecule has 7 heteroatoms. The van der Waals surface area contributed by atoms with E-state index in [4.69, 9.17) is 11.0 Å². The first kappa shape index (κ1) is 14.8. The van der Waals surface area contributed by atoms with E-state index in [-0.39, 0.29) is 16.1 Å². The van der Waals surface area contributed by atoms with E-state index in [9.17, 15) is 12.8 Å². The summed E-state index contributed by atoms with van der Waals surface area (Å²) in [5.41, 5.74) is 6.26. The number of nitriles is 1. The summed E-state index contributed by atoms with van der Waals surface area (Å²) < 4.78 is 40.2. The normalized spacial score (nSPS) is 10.9. The summed E-state index contributed by atoms with van der Waals surface area (Å²) in [5.74, 6) is -0.786. The maximum absolute atomic E-state index is 13.5. The molecule has 2 rings (SSSR count). The van der Waals surface area contributed by atoms with Crippen LogP contribution >= 0.6 is 0 Å². The minimum Gasteiger partial charge on any atom is -0.399 e. The van der Waals surface area contributed by atoms with Crippen LogP contribution in [-0.2, 0) is 10.0 Å². The van der Waals surface area contributed by atoms with Crippen molar-refractivity contribution in [1.82, 2.24) is 0 Å². The highest BCUT2D eigenvalue weighted by atomic mass is 32.2. The van der Waals surface area contributed by atoms with E-state index in [0.717, 1.165) is 6.07 Å². The predicted octanol–water partition coefficient (Wildman–Crippen LogP) is 2.39. The number of aryl methyl sites for hydroxylation is 1. The number of benzene rings is 2. The highest BCUT2D eigenvalue weighted by Crippen LogP contribution is 2.23. The smallest absolute Gasteiger partial charge is 0.261 e. The van der Waals surface area contributed by atoms with Gasteiger partial charge in [-0.15, -0.1) is 0 Å². The first-order chi connectivity index (χ1) is 9.85. The number of nitrogens with two attached hydrogens (primary N) is 1. The maximum atomic E-state index is 13.5. The highest BCUT2D eigenvalue weighted by molar-refractivity contribution is 7.92. The molecule has 0 unspecified atom stereocenters. The quantitative estimate of drug-likeness (QED) is 0.851. The van der Waals surface area contributed by atoms with Crippen LogP contribution < -0.4 is 10.5 Å². The van der Waals surface area contributed by atoms with Gasteiger partial charge in [0.15, 0.2) is 0 Å². The number of sulfonamides is 1. The van der Waals surface area contributed by atoms with Crippen LogP contribution in [0.3, 0.4) is 0 Å². The van der Waals surface area contributed by atoms with Gasteiger partial charge in [-0.1, -0.05) is 6.07 Å². The molecule has 2 aromatic rings. The van der Waals surface area contributed by atoms with E-state index in [1.54, 1.807) is 13.0 Å². The Morgan fingerprint density at radius 1 is 1.29 bits per heavy atom. The Balaban J connectivity index is 2.45. The standard InChI is InChI=1S/C14H12FN3O2S/c1-9-7-10(5-6-13(9)17)21(19,20)18-14-4-2-3-12(15)11(14)8-16/h2-7,18H,17H2,1H3. The molecular formula is C14H12FN3O2S. The number of nitrogen functional groups attached to an aromatic ring is 1. The molecule has 2 aromatic carbocycles. The van der Waals surface area contributed by atoms with Gasteiger partial charge in [-0.2, -0.15) is 5.26 Å². The largest absolute Gasteiger partial charge is 0.399 e. The molecule has 0 atom stereocenters. The minimum absolute atomic E-state index is 0.0117. The van der Waals surface area contributed by atoms with Crippen LogP contribution in [0.1, 0.15) is 11.1 Å². The van der Waals surface area contributed by atoms with E-state index in [1.807, 2.05) is 0 Å². The molecule has 0 bridgehead atoms. The van der Waals surface area contributed by atoms with Gasteiger partial charge in [0.05, 0.1) is 10.6 Å². The third kappa shape index (κ3) is 2.95. The Kier molecular flexibility index (Phi) is 3.82. The summed E-state index contributed by atoms with van der Waals surface area (Å²) in [4.78, 5) is -0.0117. The minimum atomic E-state index is -3.93. The summed E-state index contributed by atoms with van der Waals surface area (Å²) in [6.07, 6.45) is 0. The maximum Gasteiger partial charge on any atom is 0.261 e. The number of hydrogen-bond acceptors (Lipinski definition) is 4. The molecule has 0 heterocycles. The Labute approximate surface area is 121 Å². The van der Waals surface area contributed by atoms with E-state index >= 15 is 0 Å². The zero-order valence-corrected chi connectivity index (χ0v) is 11.9. The van der Waals surface area contributed by atoms with Gasteiger partial charge in [0, 0.05) is 5.69 Å². The molecule has 0 fully saturated rings. The van der Waals surface area contributed by atoms with Crippen molar-refractivity contribution < 1.29 is 12.8 Å². The topological polar surface area (TPSA) is 96.0 Å². The average molecular weight is 305 g/mol. The SMILES string of the molecule is Cc1cc(S(=O)(=O)Nc2cccc(F)c2C#N)ccc1N. The second-order valence-corrected chi connectivity index (χ2v) is 6.08. The van der Waals surface area contributed by atoms with Crippen LogP contribution in [0.25, 0.3) is 0 Å². The molecule has 0 radical (unpaired) electrons. The van der Waals surface area contributed by atoms with Crippen molar-refractivity contribution in [3.05, 3.63) is 53.3 Å². The molecule has 0 aliphatic rings. The van der Waals surface area contributed by atoms with E-state index in [2.05, 4.69) is 4.72 Å². The van der Waals surface area contributed by atoms with Gasteiger partial charge >= 0.3 is 0 Å². The number of nitrogens with zero attached hydrogens (tertiary/aromatic N) is 1. The fourth-order valence-electron chi connectivity index (χ4n) is 1.74. The zero-order valence-electron chi connectivity index (χ0n) is 11.1. The predicted molar refractivity (Wildman–Crippen MR) is 77.5 cm³/mol. The Morgan fingerprint density at radius 2 is 2.00 bits per heavy atom. The Hall–Kier alpha value is -2.59. The number of rotatable bonds is 3. The van der Waals surface area contributed by atoms with Gasteiger partial charge in [-0.25, -0.2) is 12.8 Å². The molecule has 0 aliphatic carbocycles. The lowest BCUT2D eigenvalue weighted by Gasteiger charge is -2.11. The average Bonchev–Trinajstić information content (AvgIpc) is 2.41. The second-order valence-electron chi connectivity index (χ2n) is 4.40. The van der Waals surface area contributed by atoms with E-state index in [0.29, 0.717) is 11.3 Å². The first-order valence-corrected chi connectivity index (χ1v) is 7.41. The number of hydrogen-bond donors (Lipinski definition) is 2. The van der Waals surface area contributed by atoms with Gasteiger partial charge in [0.1, 0.15) is 17.4 Å². The summed E-state index contributed by atoms with van der Waals surface area (Å²) in [6.45, 7) is 1.68. The molecule has 5 nitrogen and oxygen atoms in total. The van der Waals surface area contributed by atoms with Gasteiger partial charge in [-0.3, -0.25) is 4.72 Å². The lowest BCUT2D eigenvalue weighted by molar-refractivity contribution is 0.601. The van der Waals surface area contributed by atoms with Gasteiger partial charge in [0.25, 0.3) is 10.0 Å². The first-order valence-electron chi connectivity index (χ1n) is 5.92. The number of nitrogens with one attached hydrogen (secondary N) is 1. The summed E-state index contributed by atoms with van der Waals surface area (Å²) in [5, 5.41) is 8.91. The Morgan fingerprint density at radius 3 is 2.62 bits per heavy atom. The van der Waals surface area contributed by atoms with E-state index in [1.165, 1.54) is 30.3 Å². The van der Waals surface area contributed by atoms with Crippen molar-refractivity contribution >= 4 is 21.4 Å². The van der Waals surface area contributed by atoms with Crippen molar-refractivity contribution in [2.75, 3.05) is 10.5 Å². The number of anilines is 2. The molecule has 108 valence electrons. The van der Waals surface area contributed by atoms with Gasteiger partial charge in [-0.05, 0) is 42.8 Å². The monoisotopic (exact) mass is 305 g/mol. The van der Waals surface area contributed by atoms with Crippen molar-refractivity contribution in [3.63, 3.8) is 0 Å². The fourth-order valence-corrected chi connectivity index (χ4v) is 2.90. The van der Waals surface area contributed by atoms with Crippen molar-refractivity contribution in [1.29, 1.82) is 5.26 Å². The summed E-state index contributed by atoms with van der Waals surface area (Å²) in [6, 6.07) is 9.59. The molecule has 0 aromatic heterocycles. The van der Waals surface area contributed by atoms with Crippen LogP contribution in [0.15, 0.2) is 41.3 Å². The molecule has 0 saturated heterocycles. The third-order valence-electron chi connectivity index (χ3n) is 2.92. The van der Waals surface area contributed by atoms with Crippen molar-refractivity contribution in [2.24, 2.45) is 0 Å². The van der Waals surface area contributed by atoms with Crippen LogP contribution in [0, 0.1) is 24.1 Å². The van der Waals surface area contributed by atoms with Gasteiger partial charge < -0.3 is 5.73 Å². The Bertz CT molecular complexity index is 842. The molecule has 3 N–H and O–H groups in total. The fraction of sp³-hybridized carbons (Fsp3) is 0.0714. The lowest BCUT2D eigenvalue weighted by atomic mass is 10.2. The molecule has 0 spiro atoms. The lowest BCUT2D eigenvalue weighted by Crippen LogP contribution is -2.14. The molecular weight excluding hydrogens is 293 g/mol. The molecule has 0 aliphatic heterocycles. The van der Waals surface area contributed by atoms with Crippen LogP contribution in [-0.4, -0.2) is 8.42 Å². The van der Waals surface area contributed by atoms with Crippen LogP contribution in [0.2, 0.25) is 0 Å². The highest BCUT2D eigenvalue weighted by Gasteiger charge is 2.18. The van der Waals surface area contributed by atoms with Crippen LogP contribution in [0.5, 0.6) is 0 Å². The third-order valence-corrected chi connectivity index (χ3v) is 4.28. The zero-order chi connectivity index (χ0) is 15.6. The van der Waals surface area contributed by atoms with E-state index < -0.39 is 15.8 Å². The molecule has 0 amide bonds. The number of halogens is 1. The van der Waals surface area contributed by atoms with Crippen LogP contribution in [0.4, 0.5) is 15.8 Å². The molecule has 0 saturated carbocycles. The summed E-state index contributed by atoms with van der Waals surface area (Å²) >= 11 is 0. The van der Waals surface area contributed by atoms with Gasteiger partial charge in [0.2, 0.25) is 0 Å². The van der Waals surface area contributed by atoms with Crippen molar-refractivity contribution in [3.8, 4) is 6.07 Å². The molecule has 21 heavy (non-hydrogen) atoms. The van der Waals surface area contributed by atoms with Crippen molar-refractivity contribution in [2.45, 2.75) is 11.8 Å². The summed E-state index contributed by atoms with van der Waals surface area (Å²) in [7, 11) is -3.93. The second kappa shape index (κ2) is 5.42.